The minimum Gasteiger partial charge on any atom is -0.494 e. The van der Waals surface area contributed by atoms with E-state index in [1.165, 1.54) is 5.56 Å². The molecule has 0 atom stereocenters. The second kappa shape index (κ2) is 6.60. The quantitative estimate of drug-likeness (QED) is 0.707. The van der Waals surface area contributed by atoms with Crippen molar-refractivity contribution in [2.24, 2.45) is 7.05 Å². The number of aryl methyl sites for hydroxylation is 2. The number of hydrogen-bond donors (Lipinski definition) is 0. The lowest BCUT2D eigenvalue weighted by Gasteiger charge is -2.34. The summed E-state index contributed by atoms with van der Waals surface area (Å²) < 4.78 is 8.26. The fourth-order valence-electron chi connectivity index (χ4n) is 3.19. The van der Waals surface area contributed by atoms with Crippen LogP contribution in [0.15, 0.2) is 24.4 Å². The minimum atomic E-state index is -0.00735. The summed E-state index contributed by atoms with van der Waals surface area (Å²) in [6.07, 6.45) is 1.79. The largest absolute Gasteiger partial charge is 0.494 e. The molecule has 3 aromatic rings. The number of ether oxygens (including phenoxy) is 1. The van der Waals surface area contributed by atoms with Crippen LogP contribution < -0.4 is 9.64 Å². The van der Waals surface area contributed by atoms with Crippen molar-refractivity contribution in [1.29, 1.82) is 0 Å². The van der Waals surface area contributed by atoms with Crippen LogP contribution in [0, 0.1) is 6.92 Å². The first-order valence-corrected chi connectivity index (χ1v) is 9.36. The molecule has 7 nitrogen and oxygen atoms in total. The van der Waals surface area contributed by atoms with E-state index in [1.54, 1.807) is 35.4 Å². The number of carbonyl (C=O) groups excluding carboxylic acids is 1. The number of rotatable bonds is 3. The number of methoxy groups -OCH3 is 1. The molecule has 0 unspecified atom stereocenters. The van der Waals surface area contributed by atoms with Gasteiger partial charge >= 0.3 is 0 Å². The summed E-state index contributed by atoms with van der Waals surface area (Å²) in [4.78, 5) is 21.4. The summed E-state index contributed by atoms with van der Waals surface area (Å²) >= 11 is 1.68. The van der Waals surface area contributed by atoms with Gasteiger partial charge in [0.25, 0.3) is 5.91 Å². The van der Waals surface area contributed by atoms with Crippen molar-refractivity contribution in [3.05, 3.63) is 35.7 Å². The zero-order valence-electron chi connectivity index (χ0n) is 15.1. The Morgan fingerprint density at radius 1 is 1.19 bits per heavy atom. The van der Waals surface area contributed by atoms with E-state index in [4.69, 9.17) is 9.72 Å². The van der Waals surface area contributed by atoms with Crippen LogP contribution in [0.2, 0.25) is 0 Å². The number of carbonyl (C=O) groups is 1. The average molecular weight is 371 g/mol. The number of aromatic nitrogens is 3. The van der Waals surface area contributed by atoms with Crippen LogP contribution in [0.1, 0.15) is 16.1 Å². The number of amides is 1. The molecule has 1 aliphatic rings. The number of benzene rings is 1. The van der Waals surface area contributed by atoms with Gasteiger partial charge in [-0.1, -0.05) is 17.4 Å². The molecule has 1 saturated heterocycles. The molecular formula is C18H21N5O2S. The topological polar surface area (TPSA) is 63.5 Å². The minimum absolute atomic E-state index is 0.00735. The zero-order chi connectivity index (χ0) is 18.3. The summed E-state index contributed by atoms with van der Waals surface area (Å²) in [6.45, 7) is 4.95. The third-order valence-electron chi connectivity index (χ3n) is 4.68. The van der Waals surface area contributed by atoms with Gasteiger partial charge in [-0.15, -0.1) is 0 Å². The maximum Gasteiger partial charge on any atom is 0.274 e. The fraction of sp³-hybridized carbons (Fsp3) is 0.389. The third kappa shape index (κ3) is 2.90. The number of anilines is 1. The van der Waals surface area contributed by atoms with E-state index in [0.29, 0.717) is 18.8 Å². The molecule has 0 N–H and O–H groups in total. The maximum atomic E-state index is 12.5. The van der Waals surface area contributed by atoms with Gasteiger partial charge in [0.05, 0.1) is 11.8 Å². The summed E-state index contributed by atoms with van der Waals surface area (Å²) in [5.74, 6) is 0.795. The van der Waals surface area contributed by atoms with Crippen LogP contribution in [-0.4, -0.2) is 58.9 Å². The standard InChI is InChI=1S/C18H21N5O2S/c1-12-4-5-14(25-3)15-16(12)26-18(19-15)23-10-8-22(9-11-23)17(24)13-6-7-21(2)20-13/h4-7H,8-11H2,1-3H3. The molecule has 3 heterocycles. The molecule has 1 aliphatic heterocycles. The maximum absolute atomic E-state index is 12.5. The van der Waals surface area contributed by atoms with E-state index < -0.39 is 0 Å². The van der Waals surface area contributed by atoms with Gasteiger partial charge in [0.15, 0.2) is 5.13 Å². The lowest BCUT2D eigenvalue weighted by molar-refractivity contribution is 0.0740. The number of thiazole rings is 1. The van der Waals surface area contributed by atoms with E-state index >= 15 is 0 Å². The van der Waals surface area contributed by atoms with Gasteiger partial charge in [0.2, 0.25) is 0 Å². The lowest BCUT2D eigenvalue weighted by Crippen LogP contribution is -2.48. The Kier molecular flexibility index (Phi) is 4.28. The Bertz CT molecular complexity index is 956. The molecule has 136 valence electrons. The Morgan fingerprint density at radius 3 is 2.62 bits per heavy atom. The van der Waals surface area contributed by atoms with Crippen molar-refractivity contribution in [2.75, 3.05) is 38.2 Å². The predicted octanol–water partition coefficient (Wildman–Crippen LogP) is 2.31. The smallest absolute Gasteiger partial charge is 0.274 e. The van der Waals surface area contributed by atoms with E-state index in [-0.39, 0.29) is 5.91 Å². The summed E-state index contributed by atoms with van der Waals surface area (Å²) in [5, 5.41) is 5.19. The van der Waals surface area contributed by atoms with Gasteiger partial charge in [-0.05, 0) is 24.6 Å². The molecule has 2 aromatic heterocycles. The van der Waals surface area contributed by atoms with Crippen LogP contribution in [0.5, 0.6) is 5.75 Å². The molecule has 0 saturated carbocycles. The van der Waals surface area contributed by atoms with Crippen molar-refractivity contribution >= 4 is 32.6 Å². The Morgan fingerprint density at radius 2 is 1.96 bits per heavy atom. The highest BCUT2D eigenvalue weighted by Crippen LogP contribution is 2.36. The van der Waals surface area contributed by atoms with E-state index in [1.807, 2.05) is 18.0 Å². The second-order valence-corrected chi connectivity index (χ2v) is 7.39. The Hall–Kier alpha value is -2.61. The first-order valence-electron chi connectivity index (χ1n) is 8.55. The zero-order valence-corrected chi connectivity index (χ0v) is 15.9. The highest BCUT2D eigenvalue weighted by Gasteiger charge is 2.25. The lowest BCUT2D eigenvalue weighted by atomic mass is 10.2. The third-order valence-corrected chi connectivity index (χ3v) is 5.93. The second-order valence-electron chi connectivity index (χ2n) is 6.41. The van der Waals surface area contributed by atoms with Gasteiger partial charge < -0.3 is 14.5 Å². The Balaban J connectivity index is 1.50. The average Bonchev–Trinajstić information content (AvgIpc) is 3.29. The molecular weight excluding hydrogens is 350 g/mol. The van der Waals surface area contributed by atoms with Crippen LogP contribution >= 0.6 is 11.3 Å². The highest BCUT2D eigenvalue weighted by molar-refractivity contribution is 7.22. The first-order chi connectivity index (χ1) is 12.6. The van der Waals surface area contributed by atoms with Crippen LogP contribution in [-0.2, 0) is 7.05 Å². The highest BCUT2D eigenvalue weighted by atomic mass is 32.1. The van der Waals surface area contributed by atoms with Crippen LogP contribution in [0.3, 0.4) is 0 Å². The predicted molar refractivity (Wildman–Crippen MR) is 102 cm³/mol. The van der Waals surface area contributed by atoms with Crippen LogP contribution in [0.4, 0.5) is 5.13 Å². The van der Waals surface area contributed by atoms with Gasteiger partial charge in [0, 0.05) is 39.4 Å². The Labute approximate surface area is 155 Å². The van der Waals surface area contributed by atoms with Crippen molar-refractivity contribution in [3.8, 4) is 5.75 Å². The molecule has 0 spiro atoms. The fourth-order valence-corrected chi connectivity index (χ4v) is 4.29. The van der Waals surface area contributed by atoms with E-state index in [9.17, 15) is 4.79 Å². The summed E-state index contributed by atoms with van der Waals surface area (Å²) in [6, 6.07) is 5.79. The molecule has 4 rings (SSSR count). The number of nitrogens with zero attached hydrogens (tertiary/aromatic N) is 5. The van der Waals surface area contributed by atoms with Crippen molar-refractivity contribution in [2.45, 2.75) is 6.92 Å². The van der Waals surface area contributed by atoms with Gasteiger partial charge in [-0.25, -0.2) is 4.98 Å². The van der Waals surface area contributed by atoms with E-state index in [0.717, 1.165) is 34.2 Å². The van der Waals surface area contributed by atoms with E-state index in [2.05, 4.69) is 23.0 Å². The molecule has 8 heteroatoms. The normalized spacial score (nSPS) is 14.9. The SMILES string of the molecule is COc1ccc(C)c2sc(N3CCN(C(=O)c4ccn(C)n4)CC3)nc12. The van der Waals surface area contributed by atoms with Crippen molar-refractivity contribution < 1.29 is 9.53 Å². The van der Waals surface area contributed by atoms with Crippen LogP contribution in [0.25, 0.3) is 10.2 Å². The number of piperazine rings is 1. The molecule has 1 amide bonds. The monoisotopic (exact) mass is 371 g/mol. The van der Waals surface area contributed by atoms with Gasteiger partial charge in [-0.2, -0.15) is 5.10 Å². The molecule has 26 heavy (non-hydrogen) atoms. The summed E-state index contributed by atoms with van der Waals surface area (Å²) in [7, 11) is 3.49. The first kappa shape index (κ1) is 16.8. The number of fused-ring (bicyclic) bond motifs is 1. The molecule has 1 fully saturated rings. The number of hydrogen-bond acceptors (Lipinski definition) is 6. The van der Waals surface area contributed by atoms with Crippen molar-refractivity contribution in [3.63, 3.8) is 0 Å². The molecule has 0 radical (unpaired) electrons. The molecule has 0 bridgehead atoms. The summed E-state index contributed by atoms with van der Waals surface area (Å²) in [5.41, 5.74) is 2.62. The molecule has 0 aliphatic carbocycles. The van der Waals surface area contributed by atoms with Gasteiger partial charge in [0.1, 0.15) is 17.0 Å². The van der Waals surface area contributed by atoms with Crippen molar-refractivity contribution in [1.82, 2.24) is 19.7 Å². The van der Waals surface area contributed by atoms with Gasteiger partial charge in [-0.3, -0.25) is 9.48 Å². The molecule has 1 aromatic carbocycles.